The second-order valence-electron chi connectivity index (χ2n) is 3.15. The van der Waals surface area contributed by atoms with Crippen molar-refractivity contribution in [3.05, 3.63) is 6.07 Å². The zero-order chi connectivity index (χ0) is 12.1. The highest BCUT2D eigenvalue weighted by Gasteiger charge is 2.14. The van der Waals surface area contributed by atoms with Crippen LogP contribution in [-0.4, -0.2) is 28.6 Å². The van der Waals surface area contributed by atoms with Crippen LogP contribution in [0.25, 0.3) is 0 Å². The maximum Gasteiger partial charge on any atom is 0.328 e. The van der Waals surface area contributed by atoms with Gasteiger partial charge in [-0.15, -0.1) is 0 Å². The second-order valence-corrected chi connectivity index (χ2v) is 3.15. The van der Waals surface area contributed by atoms with Gasteiger partial charge in [-0.3, -0.25) is 0 Å². The molecule has 7 nitrogen and oxygen atoms in total. The fourth-order valence-corrected chi connectivity index (χ4v) is 1.11. The van der Waals surface area contributed by atoms with E-state index in [0.717, 1.165) is 0 Å². The number of rotatable bonds is 4. The van der Waals surface area contributed by atoms with Crippen molar-refractivity contribution in [1.29, 1.82) is 0 Å². The molecule has 88 valence electrons. The molecule has 0 saturated carbocycles. The van der Waals surface area contributed by atoms with Crippen LogP contribution in [0.5, 0.6) is 0 Å². The number of esters is 1. The summed E-state index contributed by atoms with van der Waals surface area (Å²) < 4.78 is 4.83. The van der Waals surface area contributed by atoms with Crippen LogP contribution in [0, 0.1) is 0 Å². The number of anilines is 3. The number of hydrogen-bond donors (Lipinski definition) is 3. The molecule has 5 N–H and O–H groups in total. The van der Waals surface area contributed by atoms with Gasteiger partial charge in [-0.25, -0.2) is 4.79 Å². The minimum atomic E-state index is -0.520. The Balaban J connectivity index is 2.69. The van der Waals surface area contributed by atoms with E-state index in [-0.39, 0.29) is 17.7 Å². The number of carbonyl (C=O) groups is 1. The Labute approximate surface area is 93.2 Å². The number of carbonyl (C=O) groups excluding carboxylic acids is 1. The van der Waals surface area contributed by atoms with Crippen LogP contribution >= 0.6 is 0 Å². The summed E-state index contributed by atoms with van der Waals surface area (Å²) >= 11 is 0. The first-order valence-corrected chi connectivity index (χ1v) is 4.86. The minimum absolute atomic E-state index is 0.0542. The molecule has 0 amide bonds. The fourth-order valence-electron chi connectivity index (χ4n) is 1.11. The molecule has 7 heteroatoms. The molecule has 0 saturated heterocycles. The number of aromatic nitrogens is 2. The molecule has 0 aromatic carbocycles. The van der Waals surface area contributed by atoms with E-state index in [0.29, 0.717) is 12.4 Å². The minimum Gasteiger partial charge on any atom is -0.464 e. The van der Waals surface area contributed by atoms with Crippen LogP contribution in [0.2, 0.25) is 0 Å². The molecule has 1 heterocycles. The number of hydrogen-bond acceptors (Lipinski definition) is 7. The lowest BCUT2D eigenvalue weighted by Crippen LogP contribution is -2.28. The highest BCUT2D eigenvalue weighted by atomic mass is 16.5. The van der Waals surface area contributed by atoms with Crippen molar-refractivity contribution in [1.82, 2.24) is 9.97 Å². The summed E-state index contributed by atoms with van der Waals surface area (Å²) in [5.74, 6) is 0.327. The molecule has 0 aliphatic heterocycles. The molecule has 16 heavy (non-hydrogen) atoms. The standard InChI is InChI=1S/C9H15N5O2/c1-3-16-8(15)5(2)12-7-4-6(10)13-9(11)14-7/h4-5H,3H2,1-2H3,(H5,10,11,12,13,14). The molecular weight excluding hydrogens is 210 g/mol. The summed E-state index contributed by atoms with van der Waals surface area (Å²) in [7, 11) is 0. The lowest BCUT2D eigenvalue weighted by molar-refractivity contribution is -0.143. The number of nitrogens with zero attached hydrogens (tertiary/aromatic N) is 2. The second kappa shape index (κ2) is 5.15. The van der Waals surface area contributed by atoms with Crippen LogP contribution in [0.15, 0.2) is 6.07 Å². The van der Waals surface area contributed by atoms with Gasteiger partial charge in [0.25, 0.3) is 0 Å². The van der Waals surface area contributed by atoms with E-state index >= 15 is 0 Å². The van der Waals surface area contributed by atoms with Crippen molar-refractivity contribution in [2.45, 2.75) is 19.9 Å². The summed E-state index contributed by atoms with van der Waals surface area (Å²) in [6, 6.07) is 0.972. The molecule has 0 spiro atoms. The maximum atomic E-state index is 11.3. The van der Waals surface area contributed by atoms with Gasteiger partial charge in [0.2, 0.25) is 5.95 Å². The highest BCUT2D eigenvalue weighted by Crippen LogP contribution is 2.10. The smallest absolute Gasteiger partial charge is 0.328 e. The molecule has 1 aromatic heterocycles. The van der Waals surface area contributed by atoms with E-state index in [1.807, 2.05) is 0 Å². The number of ether oxygens (including phenoxy) is 1. The molecule has 0 bridgehead atoms. The fraction of sp³-hybridized carbons (Fsp3) is 0.444. The van der Waals surface area contributed by atoms with Gasteiger partial charge in [0.05, 0.1) is 6.61 Å². The van der Waals surface area contributed by atoms with Crippen LogP contribution in [0.4, 0.5) is 17.6 Å². The van der Waals surface area contributed by atoms with Crippen molar-refractivity contribution in [2.75, 3.05) is 23.4 Å². The lowest BCUT2D eigenvalue weighted by atomic mass is 10.3. The predicted octanol–water partition coefficient (Wildman–Crippen LogP) is 0.00450. The molecule has 0 aliphatic rings. The molecule has 1 unspecified atom stereocenters. The topological polar surface area (TPSA) is 116 Å². The Kier molecular flexibility index (Phi) is 3.87. The quantitative estimate of drug-likeness (QED) is 0.617. The average Bonchev–Trinajstić information content (AvgIpc) is 2.16. The van der Waals surface area contributed by atoms with Crippen molar-refractivity contribution < 1.29 is 9.53 Å². The van der Waals surface area contributed by atoms with Gasteiger partial charge in [-0.2, -0.15) is 9.97 Å². The van der Waals surface area contributed by atoms with Crippen LogP contribution in [-0.2, 0) is 9.53 Å². The number of nitrogen functional groups attached to an aromatic ring is 2. The summed E-state index contributed by atoms with van der Waals surface area (Å²) in [5, 5.41) is 2.82. The van der Waals surface area contributed by atoms with Gasteiger partial charge in [-0.05, 0) is 13.8 Å². The Morgan fingerprint density at radius 1 is 1.56 bits per heavy atom. The largest absolute Gasteiger partial charge is 0.464 e. The SMILES string of the molecule is CCOC(=O)C(C)Nc1cc(N)nc(N)n1. The maximum absolute atomic E-state index is 11.3. The summed E-state index contributed by atoms with van der Waals surface area (Å²) in [4.78, 5) is 18.9. The van der Waals surface area contributed by atoms with Crippen molar-refractivity contribution in [3.8, 4) is 0 Å². The van der Waals surface area contributed by atoms with Crippen LogP contribution < -0.4 is 16.8 Å². The molecule has 1 rings (SSSR count). The van der Waals surface area contributed by atoms with Crippen molar-refractivity contribution >= 4 is 23.6 Å². The van der Waals surface area contributed by atoms with Crippen molar-refractivity contribution in [2.24, 2.45) is 0 Å². The van der Waals surface area contributed by atoms with Crippen LogP contribution in [0.1, 0.15) is 13.8 Å². The van der Waals surface area contributed by atoms with E-state index in [1.54, 1.807) is 13.8 Å². The summed E-state index contributed by atoms with van der Waals surface area (Å²) in [6.45, 7) is 3.73. The zero-order valence-corrected chi connectivity index (χ0v) is 9.23. The van der Waals surface area contributed by atoms with Gasteiger partial charge in [0, 0.05) is 6.07 Å². The Bertz CT molecular complexity index is 362. The monoisotopic (exact) mass is 225 g/mol. The van der Waals surface area contributed by atoms with Gasteiger partial charge < -0.3 is 21.5 Å². The van der Waals surface area contributed by atoms with Crippen LogP contribution in [0.3, 0.4) is 0 Å². The van der Waals surface area contributed by atoms with E-state index in [4.69, 9.17) is 16.2 Å². The molecule has 0 fully saturated rings. The normalized spacial score (nSPS) is 11.9. The van der Waals surface area contributed by atoms with E-state index < -0.39 is 6.04 Å². The molecule has 1 atom stereocenters. The first kappa shape index (κ1) is 12.0. The lowest BCUT2D eigenvalue weighted by Gasteiger charge is -2.13. The first-order chi connectivity index (χ1) is 7.52. The number of nitrogens with two attached hydrogens (primary N) is 2. The van der Waals surface area contributed by atoms with Gasteiger partial charge in [-0.1, -0.05) is 0 Å². The van der Waals surface area contributed by atoms with E-state index in [9.17, 15) is 4.79 Å². The first-order valence-electron chi connectivity index (χ1n) is 4.86. The molecule has 1 aromatic rings. The van der Waals surface area contributed by atoms with E-state index in [2.05, 4.69) is 15.3 Å². The highest BCUT2D eigenvalue weighted by molar-refractivity contribution is 5.78. The third kappa shape index (κ3) is 3.26. The van der Waals surface area contributed by atoms with Gasteiger partial charge >= 0.3 is 5.97 Å². The number of nitrogens with one attached hydrogen (secondary N) is 1. The van der Waals surface area contributed by atoms with E-state index in [1.165, 1.54) is 6.07 Å². The Morgan fingerprint density at radius 2 is 2.25 bits per heavy atom. The predicted molar refractivity (Wildman–Crippen MR) is 60.6 cm³/mol. The Morgan fingerprint density at radius 3 is 2.81 bits per heavy atom. The summed E-state index contributed by atoms with van der Waals surface area (Å²) in [6.07, 6.45) is 0. The Hall–Kier alpha value is -2.05. The summed E-state index contributed by atoms with van der Waals surface area (Å²) in [5.41, 5.74) is 10.9. The third-order valence-electron chi connectivity index (χ3n) is 1.77. The average molecular weight is 225 g/mol. The van der Waals surface area contributed by atoms with Crippen molar-refractivity contribution in [3.63, 3.8) is 0 Å². The van der Waals surface area contributed by atoms with Gasteiger partial charge in [0.1, 0.15) is 17.7 Å². The third-order valence-corrected chi connectivity index (χ3v) is 1.77. The molecular formula is C9H15N5O2. The molecule has 0 radical (unpaired) electrons. The molecule has 0 aliphatic carbocycles. The van der Waals surface area contributed by atoms with Gasteiger partial charge in [0.15, 0.2) is 0 Å². The zero-order valence-electron chi connectivity index (χ0n) is 9.23.